The van der Waals surface area contributed by atoms with Crippen molar-refractivity contribution in [3.63, 3.8) is 0 Å². The fourth-order valence-electron chi connectivity index (χ4n) is 2.59. The zero-order valence-electron chi connectivity index (χ0n) is 12.9. The summed E-state index contributed by atoms with van der Waals surface area (Å²) >= 11 is 5.98. The molecule has 0 atom stereocenters. The molecule has 0 saturated carbocycles. The maximum absolute atomic E-state index is 5.98. The third-order valence-electron chi connectivity index (χ3n) is 3.71. The maximum atomic E-state index is 5.98. The van der Waals surface area contributed by atoms with Crippen LogP contribution in [0, 0.1) is 6.92 Å². The highest BCUT2D eigenvalue weighted by Crippen LogP contribution is 2.27. The summed E-state index contributed by atoms with van der Waals surface area (Å²) in [6, 6.07) is 13.5. The number of anilines is 2. The van der Waals surface area contributed by atoms with Crippen molar-refractivity contribution in [2.24, 2.45) is 0 Å². The Balaban J connectivity index is 1.84. The molecule has 4 rings (SSSR count). The highest BCUT2D eigenvalue weighted by Gasteiger charge is 2.12. The van der Waals surface area contributed by atoms with Crippen LogP contribution in [0.4, 0.5) is 11.5 Å². The van der Waals surface area contributed by atoms with Crippen LogP contribution in [0.2, 0.25) is 5.02 Å². The average Bonchev–Trinajstić information content (AvgIpc) is 3.00. The van der Waals surface area contributed by atoms with E-state index in [0.717, 1.165) is 34.0 Å². The molecule has 24 heavy (non-hydrogen) atoms. The molecule has 6 heteroatoms. The summed E-state index contributed by atoms with van der Waals surface area (Å²) in [6.45, 7) is 1.97. The first-order valence-electron chi connectivity index (χ1n) is 7.49. The number of rotatable bonds is 3. The number of halogens is 1. The van der Waals surface area contributed by atoms with Gasteiger partial charge in [-0.2, -0.15) is 9.61 Å². The molecule has 3 heterocycles. The van der Waals surface area contributed by atoms with Crippen molar-refractivity contribution in [3.8, 4) is 11.1 Å². The second kappa shape index (κ2) is 5.94. The molecule has 0 aliphatic rings. The molecular weight excluding hydrogens is 322 g/mol. The Morgan fingerprint density at radius 2 is 1.79 bits per heavy atom. The lowest BCUT2D eigenvalue weighted by atomic mass is 10.1. The van der Waals surface area contributed by atoms with Gasteiger partial charge in [-0.15, -0.1) is 0 Å². The normalized spacial score (nSPS) is 10.9. The average molecular weight is 336 g/mol. The number of pyridine rings is 1. The van der Waals surface area contributed by atoms with E-state index in [9.17, 15) is 0 Å². The van der Waals surface area contributed by atoms with Crippen LogP contribution in [0.15, 0.2) is 61.1 Å². The SMILES string of the molecule is Cc1cc(Nc2ccncc2)n2ncc(-c3ccc(Cl)cc3)c2n1. The lowest BCUT2D eigenvalue weighted by Gasteiger charge is -2.09. The first-order valence-corrected chi connectivity index (χ1v) is 7.87. The van der Waals surface area contributed by atoms with Crippen LogP contribution in [0.25, 0.3) is 16.8 Å². The first kappa shape index (κ1) is 14.7. The molecule has 118 valence electrons. The van der Waals surface area contributed by atoms with Crippen molar-refractivity contribution < 1.29 is 0 Å². The van der Waals surface area contributed by atoms with Crippen LogP contribution in [0.3, 0.4) is 0 Å². The summed E-state index contributed by atoms with van der Waals surface area (Å²) in [4.78, 5) is 8.68. The van der Waals surface area contributed by atoms with E-state index < -0.39 is 0 Å². The van der Waals surface area contributed by atoms with Gasteiger partial charge in [-0.1, -0.05) is 23.7 Å². The van der Waals surface area contributed by atoms with E-state index in [1.165, 1.54) is 0 Å². The number of hydrogen-bond acceptors (Lipinski definition) is 4. The molecule has 0 spiro atoms. The van der Waals surface area contributed by atoms with Gasteiger partial charge in [-0.05, 0) is 36.8 Å². The van der Waals surface area contributed by atoms with Gasteiger partial charge in [-0.3, -0.25) is 4.98 Å². The maximum Gasteiger partial charge on any atom is 0.165 e. The second-order valence-corrected chi connectivity index (χ2v) is 5.88. The Morgan fingerprint density at radius 3 is 2.54 bits per heavy atom. The fourth-order valence-corrected chi connectivity index (χ4v) is 2.72. The molecule has 0 unspecified atom stereocenters. The van der Waals surface area contributed by atoms with Gasteiger partial charge < -0.3 is 5.32 Å². The number of fused-ring (bicyclic) bond motifs is 1. The van der Waals surface area contributed by atoms with Gasteiger partial charge in [0.05, 0.1) is 6.20 Å². The molecular formula is C18H14ClN5. The second-order valence-electron chi connectivity index (χ2n) is 5.44. The Morgan fingerprint density at radius 1 is 1.04 bits per heavy atom. The largest absolute Gasteiger partial charge is 0.340 e. The summed E-state index contributed by atoms with van der Waals surface area (Å²) < 4.78 is 1.80. The van der Waals surface area contributed by atoms with Crippen molar-refractivity contribution >= 4 is 28.8 Å². The Labute approximate surface area is 144 Å². The molecule has 5 nitrogen and oxygen atoms in total. The minimum Gasteiger partial charge on any atom is -0.340 e. The summed E-state index contributed by atoms with van der Waals surface area (Å²) in [5.41, 5.74) is 4.65. The first-order chi connectivity index (χ1) is 11.7. The van der Waals surface area contributed by atoms with E-state index in [-0.39, 0.29) is 0 Å². The number of aromatic nitrogens is 4. The predicted molar refractivity (Wildman–Crippen MR) is 95.7 cm³/mol. The number of benzene rings is 1. The zero-order valence-corrected chi connectivity index (χ0v) is 13.7. The summed E-state index contributed by atoms with van der Waals surface area (Å²) in [6.07, 6.45) is 5.31. The van der Waals surface area contributed by atoms with Crippen LogP contribution < -0.4 is 5.32 Å². The van der Waals surface area contributed by atoms with E-state index in [1.54, 1.807) is 16.9 Å². The zero-order chi connectivity index (χ0) is 16.5. The Bertz CT molecular complexity index is 993. The van der Waals surface area contributed by atoms with E-state index in [2.05, 4.69) is 20.4 Å². The number of hydrogen-bond donors (Lipinski definition) is 1. The molecule has 0 aliphatic carbocycles. The summed E-state index contributed by atoms with van der Waals surface area (Å²) in [5, 5.41) is 8.57. The molecule has 0 fully saturated rings. The number of aryl methyl sites for hydroxylation is 1. The molecule has 3 aromatic heterocycles. The number of nitrogens with one attached hydrogen (secondary N) is 1. The van der Waals surface area contributed by atoms with Gasteiger partial charge in [0.25, 0.3) is 0 Å². The van der Waals surface area contributed by atoms with Gasteiger partial charge in [0, 0.05) is 40.4 Å². The fraction of sp³-hybridized carbons (Fsp3) is 0.0556. The molecule has 1 aromatic carbocycles. The van der Waals surface area contributed by atoms with Crippen LogP contribution in [-0.4, -0.2) is 19.6 Å². The van der Waals surface area contributed by atoms with Crippen molar-refractivity contribution in [2.45, 2.75) is 6.92 Å². The predicted octanol–water partition coefficient (Wildman–Crippen LogP) is 4.50. The minimum absolute atomic E-state index is 0.708. The van der Waals surface area contributed by atoms with Crippen molar-refractivity contribution in [1.29, 1.82) is 0 Å². The van der Waals surface area contributed by atoms with Crippen molar-refractivity contribution in [2.75, 3.05) is 5.32 Å². The van der Waals surface area contributed by atoms with Gasteiger partial charge in [0.15, 0.2) is 5.65 Å². The third-order valence-corrected chi connectivity index (χ3v) is 3.96. The van der Waals surface area contributed by atoms with E-state index in [4.69, 9.17) is 11.6 Å². The molecule has 0 radical (unpaired) electrons. The summed E-state index contributed by atoms with van der Waals surface area (Å²) in [7, 11) is 0. The van der Waals surface area contributed by atoms with Crippen LogP contribution >= 0.6 is 11.6 Å². The van der Waals surface area contributed by atoms with Crippen LogP contribution in [0.1, 0.15) is 5.69 Å². The molecule has 0 bridgehead atoms. The van der Waals surface area contributed by atoms with Gasteiger partial charge in [0.1, 0.15) is 5.82 Å². The lowest BCUT2D eigenvalue weighted by Crippen LogP contribution is -2.02. The van der Waals surface area contributed by atoms with Crippen molar-refractivity contribution in [1.82, 2.24) is 19.6 Å². The standard InChI is InChI=1S/C18H14ClN5/c1-12-10-17(23-15-6-8-20-9-7-15)24-18(22-12)16(11-21-24)13-2-4-14(19)5-3-13/h2-11H,1H3,(H,20,23). The lowest BCUT2D eigenvalue weighted by molar-refractivity contribution is 0.937. The smallest absolute Gasteiger partial charge is 0.165 e. The minimum atomic E-state index is 0.708. The molecule has 0 aliphatic heterocycles. The molecule has 0 saturated heterocycles. The quantitative estimate of drug-likeness (QED) is 0.599. The number of nitrogens with zero attached hydrogens (tertiary/aromatic N) is 4. The molecule has 4 aromatic rings. The monoisotopic (exact) mass is 335 g/mol. The highest BCUT2D eigenvalue weighted by molar-refractivity contribution is 6.30. The van der Waals surface area contributed by atoms with Gasteiger partial charge in [-0.25, -0.2) is 4.98 Å². The van der Waals surface area contributed by atoms with E-state index >= 15 is 0 Å². The van der Waals surface area contributed by atoms with Gasteiger partial charge in [0.2, 0.25) is 0 Å². The van der Waals surface area contributed by atoms with Gasteiger partial charge >= 0.3 is 0 Å². The van der Waals surface area contributed by atoms with Crippen LogP contribution in [-0.2, 0) is 0 Å². The highest BCUT2D eigenvalue weighted by atomic mass is 35.5. The van der Waals surface area contributed by atoms with E-state index in [0.29, 0.717) is 5.02 Å². The Kier molecular flexibility index (Phi) is 3.63. The molecule has 1 N–H and O–H groups in total. The third kappa shape index (κ3) is 2.70. The van der Waals surface area contributed by atoms with E-state index in [1.807, 2.05) is 55.6 Å². The van der Waals surface area contributed by atoms with Crippen LogP contribution in [0.5, 0.6) is 0 Å². The topological polar surface area (TPSA) is 55.1 Å². The molecule has 0 amide bonds. The Hall–Kier alpha value is -2.92. The van der Waals surface area contributed by atoms with Crippen molar-refractivity contribution in [3.05, 3.63) is 71.8 Å². The summed E-state index contributed by atoms with van der Waals surface area (Å²) in [5.74, 6) is 0.851.